The second-order valence-corrected chi connectivity index (χ2v) is 5.91. The molecule has 7 heteroatoms. The number of rotatable bonds is 2. The minimum Gasteiger partial charge on any atom is -0.508 e. The quantitative estimate of drug-likeness (QED) is 0.788. The standard InChI is InChI=1S/C13H11FN4OS/c14-10-6-8(19)4-5-9(10)12-17-18-11(7-2-1-3-7)15-16-13(18)20-12/h4-7,19H,1-3H2. The molecule has 0 unspecified atom stereocenters. The molecule has 0 aliphatic heterocycles. The summed E-state index contributed by atoms with van der Waals surface area (Å²) in [5.41, 5.74) is 0.373. The summed E-state index contributed by atoms with van der Waals surface area (Å²) >= 11 is 1.30. The molecule has 1 fully saturated rings. The summed E-state index contributed by atoms with van der Waals surface area (Å²) in [5.74, 6) is 0.710. The van der Waals surface area contributed by atoms with Crippen molar-refractivity contribution in [3.8, 4) is 16.3 Å². The lowest BCUT2D eigenvalue weighted by Gasteiger charge is -2.22. The molecule has 102 valence electrons. The predicted octanol–water partition coefficient (Wildman–Crippen LogP) is 2.97. The molecule has 1 N–H and O–H groups in total. The van der Waals surface area contributed by atoms with Crippen LogP contribution in [0, 0.1) is 5.82 Å². The summed E-state index contributed by atoms with van der Waals surface area (Å²) in [7, 11) is 0. The van der Waals surface area contributed by atoms with E-state index in [1.807, 2.05) is 0 Å². The van der Waals surface area contributed by atoms with Gasteiger partial charge in [0.25, 0.3) is 0 Å². The molecule has 0 radical (unpaired) electrons. The molecule has 0 amide bonds. The van der Waals surface area contributed by atoms with Gasteiger partial charge in [0, 0.05) is 17.5 Å². The fourth-order valence-electron chi connectivity index (χ4n) is 2.34. The Morgan fingerprint density at radius 2 is 2.15 bits per heavy atom. The summed E-state index contributed by atoms with van der Waals surface area (Å²) < 4.78 is 15.6. The number of phenolic OH excluding ortho intramolecular Hbond substituents is 1. The Kier molecular flexibility index (Phi) is 2.50. The van der Waals surface area contributed by atoms with Crippen LogP contribution in [0.15, 0.2) is 18.2 Å². The highest BCUT2D eigenvalue weighted by atomic mass is 32.1. The Hall–Kier alpha value is -2.02. The van der Waals surface area contributed by atoms with E-state index in [4.69, 9.17) is 0 Å². The summed E-state index contributed by atoms with van der Waals surface area (Å²) in [6.07, 6.45) is 3.44. The molecular formula is C13H11FN4OS. The lowest BCUT2D eigenvalue weighted by atomic mass is 9.85. The monoisotopic (exact) mass is 290 g/mol. The highest BCUT2D eigenvalue weighted by molar-refractivity contribution is 7.19. The van der Waals surface area contributed by atoms with Crippen molar-refractivity contribution in [1.82, 2.24) is 19.8 Å². The van der Waals surface area contributed by atoms with Crippen LogP contribution in [0.4, 0.5) is 4.39 Å². The van der Waals surface area contributed by atoms with Gasteiger partial charge < -0.3 is 5.11 Å². The van der Waals surface area contributed by atoms with Gasteiger partial charge in [0.05, 0.1) is 0 Å². The van der Waals surface area contributed by atoms with Crippen molar-refractivity contribution in [3.63, 3.8) is 0 Å². The van der Waals surface area contributed by atoms with Crippen molar-refractivity contribution in [3.05, 3.63) is 29.8 Å². The van der Waals surface area contributed by atoms with Crippen LogP contribution >= 0.6 is 11.3 Å². The Balaban J connectivity index is 1.82. The third-order valence-corrected chi connectivity index (χ3v) is 4.60. The topological polar surface area (TPSA) is 63.3 Å². The van der Waals surface area contributed by atoms with E-state index in [1.54, 1.807) is 4.52 Å². The van der Waals surface area contributed by atoms with Gasteiger partial charge in [0.2, 0.25) is 4.96 Å². The van der Waals surface area contributed by atoms with Crippen LogP contribution in [0.25, 0.3) is 15.5 Å². The molecule has 0 atom stereocenters. The van der Waals surface area contributed by atoms with Crippen molar-refractivity contribution in [2.45, 2.75) is 25.2 Å². The maximum atomic E-state index is 13.9. The summed E-state index contributed by atoms with van der Waals surface area (Å²) in [5, 5.41) is 22.5. The zero-order valence-corrected chi connectivity index (χ0v) is 11.3. The molecule has 0 spiro atoms. The normalized spacial score (nSPS) is 15.7. The van der Waals surface area contributed by atoms with Crippen LogP contribution in [0.1, 0.15) is 31.0 Å². The fourth-order valence-corrected chi connectivity index (χ4v) is 3.21. The molecule has 1 aromatic carbocycles. The molecule has 4 rings (SSSR count). The van der Waals surface area contributed by atoms with Crippen LogP contribution in [-0.4, -0.2) is 24.9 Å². The van der Waals surface area contributed by atoms with Gasteiger partial charge in [-0.2, -0.15) is 9.61 Å². The first kappa shape index (κ1) is 11.8. The van der Waals surface area contributed by atoms with Crippen molar-refractivity contribution in [2.75, 3.05) is 0 Å². The van der Waals surface area contributed by atoms with E-state index < -0.39 is 5.82 Å². The zero-order chi connectivity index (χ0) is 13.7. The first-order valence-corrected chi connectivity index (χ1v) is 7.25. The number of aromatic hydroxyl groups is 1. The maximum absolute atomic E-state index is 13.9. The van der Waals surface area contributed by atoms with Crippen LogP contribution in [0.2, 0.25) is 0 Å². The molecule has 0 saturated heterocycles. The summed E-state index contributed by atoms with van der Waals surface area (Å²) in [6.45, 7) is 0. The molecule has 1 saturated carbocycles. The minimum absolute atomic E-state index is 0.0931. The van der Waals surface area contributed by atoms with E-state index in [9.17, 15) is 9.50 Å². The van der Waals surface area contributed by atoms with E-state index in [0.717, 1.165) is 24.7 Å². The molecule has 2 heterocycles. The number of hydrogen-bond donors (Lipinski definition) is 1. The lowest BCUT2D eigenvalue weighted by molar-refractivity contribution is 0.395. The summed E-state index contributed by atoms with van der Waals surface area (Å²) in [6, 6.07) is 4.07. The smallest absolute Gasteiger partial charge is 0.234 e. The molecule has 20 heavy (non-hydrogen) atoms. The van der Waals surface area contributed by atoms with Crippen LogP contribution in [-0.2, 0) is 0 Å². The number of aromatic nitrogens is 4. The second-order valence-electron chi connectivity index (χ2n) is 4.95. The van der Waals surface area contributed by atoms with E-state index >= 15 is 0 Å². The largest absolute Gasteiger partial charge is 0.508 e. The fraction of sp³-hybridized carbons (Fsp3) is 0.308. The minimum atomic E-state index is -0.486. The van der Waals surface area contributed by atoms with Crippen LogP contribution in [0.5, 0.6) is 5.75 Å². The Morgan fingerprint density at radius 1 is 1.30 bits per heavy atom. The third-order valence-electron chi connectivity index (χ3n) is 3.67. The van der Waals surface area contributed by atoms with Crippen LogP contribution in [0.3, 0.4) is 0 Å². The number of nitrogens with zero attached hydrogens (tertiary/aromatic N) is 4. The molecule has 0 bridgehead atoms. The third kappa shape index (κ3) is 1.70. The first-order chi connectivity index (χ1) is 9.72. The van der Waals surface area contributed by atoms with Crippen LogP contribution < -0.4 is 0 Å². The number of halogens is 1. The average Bonchev–Trinajstić information content (AvgIpc) is 2.89. The van der Waals surface area contributed by atoms with Gasteiger partial charge in [-0.15, -0.1) is 10.2 Å². The molecule has 1 aliphatic rings. The Labute approximate surface area is 117 Å². The van der Waals surface area contributed by atoms with Gasteiger partial charge in [-0.05, 0) is 25.0 Å². The highest BCUT2D eigenvalue weighted by Gasteiger charge is 2.26. The Morgan fingerprint density at radius 3 is 2.85 bits per heavy atom. The number of fused-ring (bicyclic) bond motifs is 1. The van der Waals surface area contributed by atoms with Gasteiger partial charge in [-0.25, -0.2) is 4.39 Å². The first-order valence-electron chi connectivity index (χ1n) is 6.43. The van der Waals surface area contributed by atoms with Gasteiger partial charge >= 0.3 is 0 Å². The second kappa shape index (κ2) is 4.24. The average molecular weight is 290 g/mol. The van der Waals surface area contributed by atoms with Gasteiger partial charge in [0.1, 0.15) is 11.6 Å². The van der Waals surface area contributed by atoms with E-state index in [-0.39, 0.29) is 5.75 Å². The predicted molar refractivity (Wildman–Crippen MR) is 72.3 cm³/mol. The molecule has 3 aromatic rings. The van der Waals surface area contributed by atoms with Gasteiger partial charge in [-0.1, -0.05) is 17.8 Å². The van der Waals surface area contributed by atoms with Gasteiger partial charge in [0.15, 0.2) is 10.8 Å². The van der Waals surface area contributed by atoms with E-state index in [1.165, 1.54) is 29.9 Å². The maximum Gasteiger partial charge on any atom is 0.234 e. The van der Waals surface area contributed by atoms with Crippen molar-refractivity contribution in [1.29, 1.82) is 0 Å². The van der Waals surface area contributed by atoms with E-state index in [0.29, 0.717) is 21.4 Å². The van der Waals surface area contributed by atoms with Crippen molar-refractivity contribution >= 4 is 16.3 Å². The van der Waals surface area contributed by atoms with Crippen molar-refractivity contribution in [2.24, 2.45) is 0 Å². The Bertz CT molecular complexity index is 793. The summed E-state index contributed by atoms with van der Waals surface area (Å²) in [4.78, 5) is 0.675. The van der Waals surface area contributed by atoms with E-state index in [2.05, 4.69) is 15.3 Å². The number of phenols is 1. The molecular weight excluding hydrogens is 279 g/mol. The molecule has 5 nitrogen and oxygen atoms in total. The molecule has 1 aliphatic carbocycles. The molecule has 2 aromatic heterocycles. The highest BCUT2D eigenvalue weighted by Crippen LogP contribution is 2.37. The zero-order valence-electron chi connectivity index (χ0n) is 10.5. The van der Waals surface area contributed by atoms with Gasteiger partial charge in [-0.3, -0.25) is 0 Å². The number of hydrogen-bond acceptors (Lipinski definition) is 5. The SMILES string of the molecule is Oc1ccc(-c2nn3c(C4CCC4)nnc3s2)c(F)c1. The number of benzene rings is 1. The van der Waals surface area contributed by atoms with Crippen molar-refractivity contribution < 1.29 is 9.50 Å². The lowest BCUT2D eigenvalue weighted by Crippen LogP contribution is -2.13.